The lowest BCUT2D eigenvalue weighted by molar-refractivity contribution is -0.123. The maximum absolute atomic E-state index is 13.4. The molecule has 1 saturated heterocycles. The van der Waals surface area contributed by atoms with Crippen LogP contribution in [0.2, 0.25) is 0 Å². The van der Waals surface area contributed by atoms with Crippen molar-refractivity contribution in [3.63, 3.8) is 0 Å². The third-order valence-corrected chi connectivity index (χ3v) is 7.40. The van der Waals surface area contributed by atoms with Crippen LogP contribution in [-0.4, -0.2) is 26.9 Å². The normalized spacial score (nSPS) is 17.9. The van der Waals surface area contributed by atoms with E-state index in [0.29, 0.717) is 0 Å². The Balaban J connectivity index is 1.73. The number of aryl methyl sites for hydroxylation is 1. The summed E-state index contributed by atoms with van der Waals surface area (Å²) in [6, 6.07) is 24.0. The molecule has 0 unspecified atom stereocenters. The molecule has 3 atom stereocenters. The number of carbonyl (C=O) groups excluding carboxylic acids is 1. The van der Waals surface area contributed by atoms with E-state index in [-0.39, 0.29) is 16.8 Å². The Kier molecular flexibility index (Phi) is 7.23. The number of nitrogens with one attached hydrogen (secondary N) is 3. The third-order valence-electron chi connectivity index (χ3n) is 5.94. The van der Waals surface area contributed by atoms with E-state index in [4.69, 9.17) is 0 Å². The smallest absolute Gasteiger partial charge is 0.241 e. The predicted molar refractivity (Wildman–Crippen MR) is 129 cm³/mol. The molecular formula is C26H29N3O3S. The molecule has 6 nitrogen and oxygen atoms in total. The summed E-state index contributed by atoms with van der Waals surface area (Å²) in [5.74, 6) is -0.128. The van der Waals surface area contributed by atoms with Gasteiger partial charge in [0.25, 0.3) is 0 Å². The van der Waals surface area contributed by atoms with Crippen molar-refractivity contribution in [3.8, 4) is 0 Å². The molecular weight excluding hydrogens is 434 g/mol. The summed E-state index contributed by atoms with van der Waals surface area (Å²) in [6.45, 7) is 2.71. The maximum Gasteiger partial charge on any atom is 0.241 e. The van der Waals surface area contributed by atoms with Crippen LogP contribution in [0.4, 0.5) is 0 Å². The van der Waals surface area contributed by atoms with Crippen molar-refractivity contribution in [1.29, 1.82) is 0 Å². The van der Waals surface area contributed by atoms with E-state index >= 15 is 0 Å². The van der Waals surface area contributed by atoms with E-state index in [0.717, 1.165) is 36.1 Å². The molecule has 3 N–H and O–H groups in total. The molecule has 0 aromatic heterocycles. The molecule has 0 spiro atoms. The Morgan fingerprint density at radius 2 is 1.45 bits per heavy atom. The van der Waals surface area contributed by atoms with Crippen LogP contribution in [0.15, 0.2) is 89.8 Å². The van der Waals surface area contributed by atoms with Crippen molar-refractivity contribution in [2.75, 3.05) is 6.54 Å². The Morgan fingerprint density at radius 3 is 2.00 bits per heavy atom. The van der Waals surface area contributed by atoms with Gasteiger partial charge in [-0.2, -0.15) is 0 Å². The molecule has 1 heterocycles. The highest BCUT2D eigenvalue weighted by Crippen LogP contribution is 2.31. The van der Waals surface area contributed by atoms with Gasteiger partial charge >= 0.3 is 0 Å². The largest absolute Gasteiger partial charge is 0.346 e. The zero-order valence-corrected chi connectivity index (χ0v) is 19.4. The third kappa shape index (κ3) is 5.68. The predicted octanol–water partition coefficient (Wildman–Crippen LogP) is 3.62. The number of sulfonamides is 1. The summed E-state index contributed by atoms with van der Waals surface area (Å²) >= 11 is 0. The second kappa shape index (κ2) is 10.3. The maximum atomic E-state index is 13.4. The van der Waals surface area contributed by atoms with E-state index in [9.17, 15) is 13.2 Å². The summed E-state index contributed by atoms with van der Waals surface area (Å²) in [6.07, 6.45) is 1.70. The molecule has 172 valence electrons. The molecule has 33 heavy (non-hydrogen) atoms. The summed E-state index contributed by atoms with van der Waals surface area (Å²) in [5, 5.41) is 6.35. The Labute approximate surface area is 195 Å². The molecule has 1 aliphatic heterocycles. The van der Waals surface area contributed by atoms with Crippen LogP contribution >= 0.6 is 0 Å². The first-order valence-electron chi connectivity index (χ1n) is 11.2. The molecule has 1 aliphatic rings. The van der Waals surface area contributed by atoms with E-state index < -0.39 is 22.1 Å². The van der Waals surface area contributed by atoms with Crippen molar-refractivity contribution in [2.24, 2.45) is 0 Å². The molecule has 0 aliphatic carbocycles. The molecule has 0 bridgehead atoms. The molecule has 3 aromatic carbocycles. The molecule has 7 heteroatoms. The van der Waals surface area contributed by atoms with Gasteiger partial charge in [0.2, 0.25) is 15.9 Å². The molecule has 0 saturated carbocycles. The van der Waals surface area contributed by atoms with Gasteiger partial charge in [-0.3, -0.25) is 4.79 Å². The minimum absolute atomic E-state index is 0.128. The van der Waals surface area contributed by atoms with Crippen molar-refractivity contribution in [2.45, 2.75) is 42.8 Å². The second-order valence-corrected chi connectivity index (χ2v) is 10.1. The standard InChI is InChI=1S/C26H29N3O3S/c1-19-14-16-22(17-15-19)33(31,32)29-25(21-11-6-3-7-12-21)24(20-9-4-2-5-10-20)28-26(30)23-13-8-18-27-23/h2-7,9-12,14-17,23-25,27,29H,8,13,18H2,1H3,(H,28,30)/t23-,24-,25-/m0/s1. The van der Waals surface area contributed by atoms with Gasteiger partial charge in [-0.05, 0) is 49.6 Å². The second-order valence-electron chi connectivity index (χ2n) is 8.37. The van der Waals surface area contributed by atoms with Crippen molar-refractivity contribution in [3.05, 3.63) is 102 Å². The average molecular weight is 464 g/mol. The average Bonchev–Trinajstić information content (AvgIpc) is 3.38. The van der Waals surface area contributed by atoms with Gasteiger partial charge in [0.05, 0.1) is 23.0 Å². The van der Waals surface area contributed by atoms with Crippen LogP contribution in [0.3, 0.4) is 0 Å². The van der Waals surface area contributed by atoms with E-state index in [1.165, 1.54) is 0 Å². The quantitative estimate of drug-likeness (QED) is 0.476. The molecule has 3 aromatic rings. The van der Waals surface area contributed by atoms with Crippen LogP contribution in [0.25, 0.3) is 0 Å². The fourth-order valence-corrected chi connectivity index (χ4v) is 5.36. The summed E-state index contributed by atoms with van der Waals surface area (Å²) < 4.78 is 29.6. The lowest BCUT2D eigenvalue weighted by Crippen LogP contribution is -2.46. The van der Waals surface area contributed by atoms with Crippen LogP contribution in [-0.2, 0) is 14.8 Å². The molecule has 1 fully saturated rings. The van der Waals surface area contributed by atoms with E-state index in [1.807, 2.05) is 67.6 Å². The van der Waals surface area contributed by atoms with Gasteiger partial charge in [0, 0.05) is 0 Å². The zero-order valence-electron chi connectivity index (χ0n) is 18.6. The van der Waals surface area contributed by atoms with Gasteiger partial charge < -0.3 is 10.6 Å². The molecule has 0 radical (unpaired) electrons. The lowest BCUT2D eigenvalue weighted by Gasteiger charge is -2.30. The number of rotatable bonds is 8. The highest BCUT2D eigenvalue weighted by Gasteiger charge is 2.33. The van der Waals surface area contributed by atoms with Gasteiger partial charge in [-0.25, -0.2) is 13.1 Å². The Morgan fingerprint density at radius 1 is 0.879 bits per heavy atom. The van der Waals surface area contributed by atoms with Gasteiger partial charge in [0.1, 0.15) is 0 Å². The van der Waals surface area contributed by atoms with Crippen LogP contribution in [0, 0.1) is 6.92 Å². The monoisotopic (exact) mass is 463 g/mol. The van der Waals surface area contributed by atoms with Crippen LogP contribution in [0.5, 0.6) is 0 Å². The Bertz CT molecular complexity index is 1160. The number of carbonyl (C=O) groups is 1. The number of hydrogen-bond acceptors (Lipinski definition) is 4. The molecule has 4 rings (SSSR count). The number of benzene rings is 3. The highest BCUT2D eigenvalue weighted by atomic mass is 32.2. The van der Waals surface area contributed by atoms with Crippen molar-refractivity contribution < 1.29 is 13.2 Å². The van der Waals surface area contributed by atoms with Crippen LogP contribution in [0.1, 0.15) is 41.6 Å². The minimum Gasteiger partial charge on any atom is -0.346 e. The van der Waals surface area contributed by atoms with Crippen LogP contribution < -0.4 is 15.4 Å². The summed E-state index contributed by atoms with van der Waals surface area (Å²) in [7, 11) is -3.85. The van der Waals surface area contributed by atoms with Gasteiger partial charge in [-0.1, -0.05) is 78.4 Å². The van der Waals surface area contributed by atoms with Gasteiger partial charge in [0.15, 0.2) is 0 Å². The summed E-state index contributed by atoms with van der Waals surface area (Å²) in [4.78, 5) is 13.3. The number of hydrogen-bond donors (Lipinski definition) is 3. The molecule has 1 amide bonds. The summed E-state index contributed by atoms with van der Waals surface area (Å²) in [5.41, 5.74) is 2.57. The van der Waals surface area contributed by atoms with E-state index in [1.54, 1.807) is 24.3 Å². The zero-order chi connectivity index (χ0) is 23.3. The fourth-order valence-electron chi connectivity index (χ4n) is 4.12. The first-order chi connectivity index (χ1) is 15.9. The topological polar surface area (TPSA) is 87.3 Å². The Hall–Kier alpha value is -3.00. The highest BCUT2D eigenvalue weighted by molar-refractivity contribution is 7.89. The van der Waals surface area contributed by atoms with Crippen molar-refractivity contribution >= 4 is 15.9 Å². The number of amides is 1. The first kappa shape index (κ1) is 23.2. The SMILES string of the molecule is Cc1ccc(S(=O)(=O)N[C@@H](c2ccccc2)[C@@H](NC(=O)[C@@H]2CCCN2)c2ccccc2)cc1. The van der Waals surface area contributed by atoms with Crippen molar-refractivity contribution in [1.82, 2.24) is 15.4 Å². The fraction of sp³-hybridized carbons (Fsp3) is 0.269. The first-order valence-corrected chi connectivity index (χ1v) is 12.6. The minimum atomic E-state index is -3.85. The lowest BCUT2D eigenvalue weighted by atomic mass is 9.93. The van der Waals surface area contributed by atoms with E-state index in [2.05, 4.69) is 15.4 Å². The van der Waals surface area contributed by atoms with Gasteiger partial charge in [-0.15, -0.1) is 0 Å².